The summed E-state index contributed by atoms with van der Waals surface area (Å²) < 4.78 is 0. The average molecular weight is 364 g/mol. The van der Waals surface area contributed by atoms with E-state index >= 15 is 0 Å². The lowest BCUT2D eigenvalue weighted by Crippen LogP contribution is -2.38. The number of benzene rings is 1. The molecule has 1 aromatic carbocycles. The van der Waals surface area contributed by atoms with E-state index in [2.05, 4.69) is 15.2 Å². The highest BCUT2D eigenvalue weighted by Crippen LogP contribution is 2.27. The first kappa shape index (κ1) is 16.9. The first-order valence-electron chi connectivity index (χ1n) is 7.42. The summed E-state index contributed by atoms with van der Waals surface area (Å²) in [6.07, 6.45) is 0. The van der Waals surface area contributed by atoms with Crippen LogP contribution in [0.5, 0.6) is 0 Å². The second kappa shape index (κ2) is 7.73. The number of hydrogen-bond acceptors (Lipinski definition) is 7. The highest BCUT2D eigenvalue weighted by molar-refractivity contribution is 7.99. The monoisotopic (exact) mass is 364 g/mol. The Morgan fingerprint density at radius 1 is 1.38 bits per heavy atom. The summed E-state index contributed by atoms with van der Waals surface area (Å²) in [4.78, 5) is 29.0. The number of rotatable bonds is 5. The van der Waals surface area contributed by atoms with Crippen molar-refractivity contribution in [3.05, 3.63) is 39.8 Å². The van der Waals surface area contributed by atoms with Crippen LogP contribution in [0.3, 0.4) is 0 Å². The van der Waals surface area contributed by atoms with Gasteiger partial charge in [0.1, 0.15) is 0 Å². The van der Waals surface area contributed by atoms with Crippen molar-refractivity contribution in [1.29, 1.82) is 0 Å². The highest BCUT2D eigenvalue weighted by atomic mass is 32.2. The summed E-state index contributed by atoms with van der Waals surface area (Å²) in [5, 5.41) is 15.9. The number of thiazole rings is 1. The van der Waals surface area contributed by atoms with Crippen LogP contribution in [0.1, 0.15) is 0 Å². The molecule has 0 bridgehead atoms. The van der Waals surface area contributed by atoms with E-state index in [4.69, 9.17) is 0 Å². The molecule has 7 nitrogen and oxygen atoms in total. The van der Waals surface area contributed by atoms with Crippen molar-refractivity contribution in [1.82, 2.24) is 9.88 Å². The predicted octanol–water partition coefficient (Wildman–Crippen LogP) is 2.71. The molecule has 9 heteroatoms. The van der Waals surface area contributed by atoms with Crippen molar-refractivity contribution >= 4 is 39.8 Å². The number of nitro groups is 1. The molecule has 126 valence electrons. The second-order valence-corrected chi connectivity index (χ2v) is 7.36. The van der Waals surface area contributed by atoms with E-state index in [9.17, 15) is 14.9 Å². The van der Waals surface area contributed by atoms with E-state index in [1.165, 1.54) is 23.5 Å². The Bertz CT molecular complexity index is 744. The maximum absolute atomic E-state index is 12.1. The maximum Gasteiger partial charge on any atom is 0.270 e. The second-order valence-electron chi connectivity index (χ2n) is 5.28. The van der Waals surface area contributed by atoms with Gasteiger partial charge < -0.3 is 5.32 Å². The molecule has 1 aromatic heterocycles. The van der Waals surface area contributed by atoms with E-state index in [1.54, 1.807) is 17.5 Å². The molecule has 1 N–H and O–H groups in total. The van der Waals surface area contributed by atoms with Gasteiger partial charge in [0.05, 0.1) is 17.2 Å². The number of amides is 1. The Kier molecular flexibility index (Phi) is 5.44. The van der Waals surface area contributed by atoms with Crippen molar-refractivity contribution in [3.63, 3.8) is 0 Å². The minimum atomic E-state index is -0.435. The fourth-order valence-electron chi connectivity index (χ4n) is 2.36. The number of anilines is 1. The normalized spacial score (nSPS) is 15.2. The van der Waals surface area contributed by atoms with E-state index in [-0.39, 0.29) is 11.6 Å². The molecule has 1 saturated heterocycles. The van der Waals surface area contributed by atoms with E-state index in [0.717, 1.165) is 24.6 Å². The molecule has 2 heterocycles. The van der Waals surface area contributed by atoms with Gasteiger partial charge in [-0.05, 0) is 0 Å². The molecule has 2 aromatic rings. The van der Waals surface area contributed by atoms with Crippen LogP contribution in [0, 0.1) is 10.1 Å². The van der Waals surface area contributed by atoms with Gasteiger partial charge in [-0.2, -0.15) is 11.8 Å². The van der Waals surface area contributed by atoms with E-state index in [0.29, 0.717) is 22.9 Å². The molecule has 1 aliphatic rings. The zero-order chi connectivity index (χ0) is 16.9. The Morgan fingerprint density at radius 3 is 2.92 bits per heavy atom. The Morgan fingerprint density at radius 2 is 2.17 bits per heavy atom. The SMILES string of the molecule is O=C(CN1CCSCC1)Nc1nc(-c2cccc([N+](=O)[O-])c2)cs1. The average Bonchev–Trinajstić information content (AvgIpc) is 3.04. The number of aromatic nitrogens is 1. The number of hydrogen-bond donors (Lipinski definition) is 1. The zero-order valence-corrected chi connectivity index (χ0v) is 14.4. The van der Waals surface area contributed by atoms with Gasteiger partial charge in [0, 0.05) is 47.7 Å². The molecule has 0 atom stereocenters. The van der Waals surface area contributed by atoms with Crippen molar-refractivity contribution in [3.8, 4) is 11.3 Å². The molecule has 1 fully saturated rings. The summed E-state index contributed by atoms with van der Waals surface area (Å²) in [6.45, 7) is 2.22. The topological polar surface area (TPSA) is 88.4 Å². The van der Waals surface area contributed by atoms with Crippen molar-refractivity contribution in [2.45, 2.75) is 0 Å². The van der Waals surface area contributed by atoms with Gasteiger partial charge in [0.15, 0.2) is 5.13 Å². The van der Waals surface area contributed by atoms with Gasteiger partial charge in [-0.25, -0.2) is 4.98 Å². The number of nitro benzene ring substituents is 1. The van der Waals surface area contributed by atoms with Gasteiger partial charge in [0.25, 0.3) is 5.69 Å². The van der Waals surface area contributed by atoms with Crippen LogP contribution in [-0.2, 0) is 4.79 Å². The third-order valence-corrected chi connectivity index (χ3v) is 5.27. The summed E-state index contributed by atoms with van der Waals surface area (Å²) in [6, 6.07) is 6.31. The molecule has 0 radical (unpaired) electrons. The summed E-state index contributed by atoms with van der Waals surface area (Å²) in [7, 11) is 0. The first-order chi connectivity index (χ1) is 11.6. The molecule has 3 rings (SSSR count). The van der Waals surface area contributed by atoms with Crippen LogP contribution in [0.2, 0.25) is 0 Å². The fourth-order valence-corrected chi connectivity index (χ4v) is 4.08. The molecule has 24 heavy (non-hydrogen) atoms. The summed E-state index contributed by atoms with van der Waals surface area (Å²) in [5.74, 6) is 2.03. The van der Waals surface area contributed by atoms with Gasteiger partial charge in [-0.15, -0.1) is 11.3 Å². The fraction of sp³-hybridized carbons (Fsp3) is 0.333. The number of carbonyl (C=O) groups excluding carboxylic acids is 1. The van der Waals surface area contributed by atoms with Crippen LogP contribution >= 0.6 is 23.1 Å². The number of carbonyl (C=O) groups is 1. The number of nitrogens with zero attached hydrogens (tertiary/aromatic N) is 3. The van der Waals surface area contributed by atoms with E-state index < -0.39 is 4.92 Å². The van der Waals surface area contributed by atoms with Crippen molar-refractivity contribution < 1.29 is 9.72 Å². The minimum absolute atomic E-state index is 0.0223. The molecule has 0 spiro atoms. The van der Waals surface area contributed by atoms with E-state index in [1.807, 2.05) is 11.8 Å². The molecular formula is C15H16N4O3S2. The highest BCUT2D eigenvalue weighted by Gasteiger charge is 2.16. The lowest BCUT2D eigenvalue weighted by molar-refractivity contribution is -0.384. The number of nitrogens with one attached hydrogen (secondary N) is 1. The molecular weight excluding hydrogens is 348 g/mol. The van der Waals surface area contributed by atoms with Crippen LogP contribution in [0.4, 0.5) is 10.8 Å². The van der Waals surface area contributed by atoms with Gasteiger partial charge >= 0.3 is 0 Å². The zero-order valence-electron chi connectivity index (χ0n) is 12.8. The lowest BCUT2D eigenvalue weighted by atomic mass is 10.1. The van der Waals surface area contributed by atoms with Gasteiger partial charge in [0.2, 0.25) is 5.91 Å². The maximum atomic E-state index is 12.1. The largest absolute Gasteiger partial charge is 0.301 e. The molecule has 0 saturated carbocycles. The van der Waals surface area contributed by atoms with Crippen LogP contribution in [0.25, 0.3) is 11.3 Å². The third kappa shape index (κ3) is 4.31. The number of non-ortho nitro benzene ring substituents is 1. The summed E-state index contributed by atoms with van der Waals surface area (Å²) >= 11 is 3.22. The lowest BCUT2D eigenvalue weighted by Gasteiger charge is -2.25. The van der Waals surface area contributed by atoms with Crippen LogP contribution in [-0.4, -0.2) is 51.9 Å². The Hall–Kier alpha value is -1.97. The van der Waals surface area contributed by atoms with Crippen LogP contribution < -0.4 is 5.32 Å². The Labute approximate surface area is 147 Å². The predicted molar refractivity (Wildman–Crippen MR) is 96.6 cm³/mol. The quantitative estimate of drug-likeness (QED) is 0.648. The first-order valence-corrected chi connectivity index (χ1v) is 9.45. The minimum Gasteiger partial charge on any atom is -0.301 e. The van der Waals surface area contributed by atoms with Gasteiger partial charge in [-0.3, -0.25) is 19.8 Å². The smallest absolute Gasteiger partial charge is 0.270 e. The molecule has 1 amide bonds. The van der Waals surface area contributed by atoms with Crippen molar-refractivity contribution in [2.75, 3.05) is 36.5 Å². The molecule has 1 aliphatic heterocycles. The van der Waals surface area contributed by atoms with Crippen LogP contribution in [0.15, 0.2) is 29.6 Å². The Balaban J connectivity index is 1.63. The molecule has 0 unspecified atom stereocenters. The standard InChI is InChI=1S/C15H16N4O3S2/c20-14(9-18-4-6-23-7-5-18)17-15-16-13(10-24-15)11-2-1-3-12(8-11)19(21)22/h1-3,8,10H,4-7,9H2,(H,16,17,20). The van der Waals surface area contributed by atoms with Gasteiger partial charge in [-0.1, -0.05) is 12.1 Å². The molecule has 0 aliphatic carbocycles. The van der Waals surface area contributed by atoms with Crippen molar-refractivity contribution in [2.24, 2.45) is 0 Å². The summed E-state index contributed by atoms with van der Waals surface area (Å²) in [5.41, 5.74) is 1.30. The number of thioether (sulfide) groups is 1. The third-order valence-electron chi connectivity index (χ3n) is 3.57.